The van der Waals surface area contributed by atoms with E-state index in [0.29, 0.717) is 18.2 Å². The molecule has 1 aliphatic carbocycles. The Morgan fingerprint density at radius 3 is 2.90 bits per heavy atom. The van der Waals surface area contributed by atoms with Crippen LogP contribution in [0.1, 0.15) is 53.7 Å². The molecule has 1 saturated heterocycles. The zero-order valence-electron chi connectivity index (χ0n) is 17.1. The monoisotopic (exact) mass is 408 g/mol. The molecule has 7 nitrogen and oxygen atoms in total. The second kappa shape index (κ2) is 8.62. The summed E-state index contributed by atoms with van der Waals surface area (Å²) in [4.78, 5) is 23.2. The fourth-order valence-electron chi connectivity index (χ4n) is 4.56. The van der Waals surface area contributed by atoms with E-state index in [1.807, 2.05) is 24.3 Å². The number of aromatic amines is 1. The highest BCUT2D eigenvalue weighted by molar-refractivity contribution is 5.91. The van der Waals surface area contributed by atoms with Crippen LogP contribution in [0.25, 0.3) is 11.0 Å². The van der Waals surface area contributed by atoms with Crippen molar-refractivity contribution in [3.8, 4) is 0 Å². The van der Waals surface area contributed by atoms with Gasteiger partial charge in [0.2, 0.25) is 0 Å². The number of furan rings is 1. The van der Waals surface area contributed by atoms with Crippen molar-refractivity contribution in [3.05, 3.63) is 53.7 Å². The molecule has 2 aromatic heterocycles. The Balaban J connectivity index is 1.19. The number of H-pyrrole nitrogens is 1. The van der Waals surface area contributed by atoms with Crippen molar-refractivity contribution < 1.29 is 13.9 Å². The summed E-state index contributed by atoms with van der Waals surface area (Å²) >= 11 is 0. The molecule has 5 rings (SSSR count). The maximum absolute atomic E-state index is 12.7. The normalized spacial score (nSPS) is 22.9. The van der Waals surface area contributed by atoms with Crippen molar-refractivity contribution in [2.75, 3.05) is 26.3 Å². The van der Waals surface area contributed by atoms with Crippen molar-refractivity contribution in [1.29, 1.82) is 0 Å². The minimum Gasteiger partial charge on any atom is -0.455 e. The van der Waals surface area contributed by atoms with Crippen LogP contribution in [0.5, 0.6) is 0 Å². The summed E-state index contributed by atoms with van der Waals surface area (Å²) < 4.78 is 11.2. The first-order valence-corrected chi connectivity index (χ1v) is 10.9. The van der Waals surface area contributed by atoms with Gasteiger partial charge in [0.25, 0.3) is 5.91 Å². The molecule has 2 unspecified atom stereocenters. The summed E-state index contributed by atoms with van der Waals surface area (Å²) in [7, 11) is 0. The smallest absolute Gasteiger partial charge is 0.287 e. The fourth-order valence-corrected chi connectivity index (χ4v) is 4.56. The van der Waals surface area contributed by atoms with Crippen LogP contribution in [0, 0.1) is 0 Å². The molecule has 2 fully saturated rings. The first kappa shape index (κ1) is 19.3. The highest BCUT2D eigenvalue weighted by atomic mass is 16.5. The predicted octanol–water partition coefficient (Wildman–Crippen LogP) is 3.44. The molecule has 3 heterocycles. The lowest BCUT2D eigenvalue weighted by Crippen LogP contribution is -2.38. The Bertz CT molecular complexity index is 972. The minimum atomic E-state index is -0.126. The number of hydrogen-bond acceptors (Lipinski definition) is 5. The molecular weight excluding hydrogens is 380 g/mol. The van der Waals surface area contributed by atoms with Gasteiger partial charge in [0.05, 0.1) is 30.8 Å². The Hall–Kier alpha value is -2.64. The van der Waals surface area contributed by atoms with Crippen LogP contribution in [0.4, 0.5) is 0 Å². The summed E-state index contributed by atoms with van der Waals surface area (Å²) in [5.41, 5.74) is 2.07. The number of imidazole rings is 1. The van der Waals surface area contributed by atoms with Gasteiger partial charge >= 0.3 is 0 Å². The van der Waals surface area contributed by atoms with Gasteiger partial charge < -0.3 is 19.5 Å². The van der Waals surface area contributed by atoms with Crippen molar-refractivity contribution in [2.24, 2.45) is 0 Å². The third kappa shape index (κ3) is 4.27. The topological polar surface area (TPSA) is 83.4 Å². The molecule has 2 aliphatic rings. The average molecular weight is 409 g/mol. The van der Waals surface area contributed by atoms with Crippen LogP contribution in [-0.2, 0) is 11.3 Å². The van der Waals surface area contributed by atoms with E-state index in [1.54, 1.807) is 6.07 Å². The summed E-state index contributed by atoms with van der Waals surface area (Å²) in [6.45, 7) is 4.01. The molecule has 3 aromatic rings. The fraction of sp³-hybridized carbons (Fsp3) is 0.478. The quantitative estimate of drug-likeness (QED) is 0.676. The third-order valence-electron chi connectivity index (χ3n) is 6.17. The molecule has 0 spiro atoms. The Morgan fingerprint density at radius 1 is 1.17 bits per heavy atom. The van der Waals surface area contributed by atoms with Crippen molar-refractivity contribution in [1.82, 2.24) is 20.2 Å². The van der Waals surface area contributed by atoms with Gasteiger partial charge in [-0.05, 0) is 43.5 Å². The van der Waals surface area contributed by atoms with E-state index in [0.717, 1.165) is 74.6 Å². The molecule has 2 N–H and O–H groups in total. The van der Waals surface area contributed by atoms with Gasteiger partial charge in [0, 0.05) is 25.0 Å². The lowest BCUT2D eigenvalue weighted by atomic mass is 9.85. The number of ether oxygens (including phenoxy) is 1. The molecule has 2 atom stereocenters. The number of morpholine rings is 1. The SMILES string of the molecule is O=C(NC1CCCC(c2nc3ccccc3[nH]2)C1)c1ccc(CN2CCOCC2)o1. The van der Waals surface area contributed by atoms with E-state index < -0.39 is 0 Å². The number of amides is 1. The van der Waals surface area contributed by atoms with Crippen molar-refractivity contribution in [2.45, 2.75) is 44.2 Å². The Kier molecular flexibility index (Phi) is 5.55. The van der Waals surface area contributed by atoms with Gasteiger partial charge in [-0.25, -0.2) is 4.98 Å². The van der Waals surface area contributed by atoms with E-state index >= 15 is 0 Å². The molecule has 1 aliphatic heterocycles. The summed E-state index contributed by atoms with van der Waals surface area (Å²) in [6.07, 6.45) is 4.06. The minimum absolute atomic E-state index is 0.126. The van der Waals surface area contributed by atoms with Gasteiger partial charge in [-0.15, -0.1) is 0 Å². The molecule has 0 bridgehead atoms. The van der Waals surface area contributed by atoms with Gasteiger partial charge in [-0.3, -0.25) is 9.69 Å². The maximum atomic E-state index is 12.7. The molecule has 1 amide bonds. The number of benzene rings is 1. The van der Waals surface area contributed by atoms with Crippen LogP contribution < -0.4 is 5.32 Å². The molecule has 0 radical (unpaired) electrons. The van der Waals surface area contributed by atoms with E-state index in [4.69, 9.17) is 14.1 Å². The summed E-state index contributed by atoms with van der Waals surface area (Å²) in [5, 5.41) is 3.18. The van der Waals surface area contributed by atoms with Crippen LogP contribution in [0.15, 0.2) is 40.8 Å². The first-order valence-electron chi connectivity index (χ1n) is 10.9. The molecular formula is C23H28N4O3. The lowest BCUT2D eigenvalue weighted by Gasteiger charge is -2.28. The number of carbonyl (C=O) groups is 1. The van der Waals surface area contributed by atoms with Gasteiger partial charge in [-0.2, -0.15) is 0 Å². The molecule has 30 heavy (non-hydrogen) atoms. The Morgan fingerprint density at radius 2 is 2.03 bits per heavy atom. The maximum Gasteiger partial charge on any atom is 0.287 e. The van der Waals surface area contributed by atoms with E-state index in [2.05, 4.69) is 21.3 Å². The lowest BCUT2D eigenvalue weighted by molar-refractivity contribution is 0.0311. The van der Waals surface area contributed by atoms with Crippen molar-refractivity contribution >= 4 is 16.9 Å². The zero-order valence-corrected chi connectivity index (χ0v) is 17.1. The van der Waals surface area contributed by atoms with Crippen LogP contribution in [-0.4, -0.2) is 53.1 Å². The first-order chi connectivity index (χ1) is 14.7. The van der Waals surface area contributed by atoms with Gasteiger partial charge in [0.15, 0.2) is 5.76 Å². The highest BCUT2D eigenvalue weighted by Gasteiger charge is 2.27. The largest absolute Gasteiger partial charge is 0.455 e. The predicted molar refractivity (Wildman–Crippen MR) is 113 cm³/mol. The summed E-state index contributed by atoms with van der Waals surface area (Å²) in [6, 6.07) is 11.9. The van der Waals surface area contributed by atoms with Gasteiger partial charge in [-0.1, -0.05) is 18.6 Å². The zero-order chi connectivity index (χ0) is 20.3. The second-order valence-corrected chi connectivity index (χ2v) is 8.33. The number of nitrogens with zero attached hydrogens (tertiary/aromatic N) is 2. The molecule has 158 valence electrons. The van der Waals surface area contributed by atoms with Crippen LogP contribution >= 0.6 is 0 Å². The van der Waals surface area contributed by atoms with E-state index in [-0.39, 0.29) is 11.9 Å². The molecule has 7 heteroatoms. The molecule has 1 aromatic carbocycles. The standard InChI is InChI=1S/C23H28N4O3/c28-23(21-9-8-18(30-21)15-27-10-12-29-13-11-27)24-17-5-3-4-16(14-17)22-25-19-6-1-2-7-20(19)26-22/h1-2,6-9,16-17H,3-5,10-15H2,(H,24,28)(H,25,26). The molecule has 1 saturated carbocycles. The number of carbonyl (C=O) groups excluding carboxylic acids is 1. The number of nitrogens with one attached hydrogen (secondary N) is 2. The number of aromatic nitrogens is 2. The second-order valence-electron chi connectivity index (χ2n) is 8.33. The average Bonchev–Trinajstić information content (AvgIpc) is 3.42. The number of para-hydroxylation sites is 2. The van der Waals surface area contributed by atoms with Crippen LogP contribution in [0.2, 0.25) is 0 Å². The number of fused-ring (bicyclic) bond motifs is 1. The number of hydrogen-bond donors (Lipinski definition) is 2. The van der Waals surface area contributed by atoms with E-state index in [1.165, 1.54) is 0 Å². The number of rotatable bonds is 5. The van der Waals surface area contributed by atoms with E-state index in [9.17, 15) is 4.79 Å². The highest BCUT2D eigenvalue weighted by Crippen LogP contribution is 2.32. The van der Waals surface area contributed by atoms with Gasteiger partial charge in [0.1, 0.15) is 11.6 Å². The third-order valence-corrected chi connectivity index (χ3v) is 6.17. The Labute approximate surface area is 175 Å². The van der Waals surface area contributed by atoms with Crippen LogP contribution in [0.3, 0.4) is 0 Å². The van der Waals surface area contributed by atoms with Crippen molar-refractivity contribution in [3.63, 3.8) is 0 Å². The summed E-state index contributed by atoms with van der Waals surface area (Å²) in [5.74, 6) is 2.46.